The van der Waals surface area contributed by atoms with E-state index < -0.39 is 0 Å². The van der Waals surface area contributed by atoms with Crippen LogP contribution in [0.1, 0.15) is 39.5 Å². The Morgan fingerprint density at radius 2 is 1.88 bits per heavy atom. The Labute approximate surface area is 117 Å². The number of hydrogen-bond donors (Lipinski definition) is 1. The lowest BCUT2D eigenvalue weighted by atomic mass is 9.78. The number of anilines is 1. The summed E-state index contributed by atoms with van der Waals surface area (Å²) in [5, 5.41) is 3.51. The largest absolute Gasteiger partial charge is 0.351 e. The van der Waals surface area contributed by atoms with Gasteiger partial charge in [0.2, 0.25) is 5.95 Å². The van der Waals surface area contributed by atoms with Crippen LogP contribution in [0.3, 0.4) is 0 Å². The van der Waals surface area contributed by atoms with Crippen LogP contribution in [-0.4, -0.2) is 16.0 Å². The molecule has 1 fully saturated rings. The topological polar surface area (TPSA) is 37.8 Å². The number of rotatable bonds is 3. The lowest BCUT2D eigenvalue weighted by molar-refractivity contribution is 0.253. The second-order valence-electron chi connectivity index (χ2n) is 5.17. The summed E-state index contributed by atoms with van der Waals surface area (Å²) in [6.45, 7) is 4.64. The first-order valence-electron chi connectivity index (χ1n) is 6.41. The van der Waals surface area contributed by atoms with E-state index in [0.29, 0.717) is 6.04 Å². The summed E-state index contributed by atoms with van der Waals surface area (Å²) in [5.41, 5.74) is 0. The van der Waals surface area contributed by atoms with Crippen LogP contribution in [0, 0.1) is 15.4 Å². The second-order valence-corrected chi connectivity index (χ2v) is 6.41. The van der Waals surface area contributed by atoms with Crippen molar-refractivity contribution < 1.29 is 0 Å². The fourth-order valence-electron chi connectivity index (χ4n) is 2.69. The number of halogens is 1. The van der Waals surface area contributed by atoms with Gasteiger partial charge in [-0.3, -0.25) is 0 Å². The van der Waals surface area contributed by atoms with Crippen LogP contribution in [0.2, 0.25) is 0 Å². The highest BCUT2D eigenvalue weighted by Crippen LogP contribution is 2.31. The van der Waals surface area contributed by atoms with Crippen molar-refractivity contribution in [2.75, 3.05) is 5.32 Å². The maximum Gasteiger partial charge on any atom is 0.222 e. The summed E-state index contributed by atoms with van der Waals surface area (Å²) in [7, 11) is 0. The third-order valence-corrected chi connectivity index (χ3v) is 4.17. The van der Waals surface area contributed by atoms with Crippen molar-refractivity contribution in [3.05, 3.63) is 16.0 Å². The number of nitrogens with zero attached hydrogens (tertiary/aromatic N) is 2. The van der Waals surface area contributed by atoms with Gasteiger partial charge in [0.1, 0.15) is 0 Å². The van der Waals surface area contributed by atoms with E-state index >= 15 is 0 Å². The van der Waals surface area contributed by atoms with Crippen molar-refractivity contribution >= 4 is 28.5 Å². The minimum Gasteiger partial charge on any atom is -0.351 e. The monoisotopic (exact) mass is 345 g/mol. The van der Waals surface area contributed by atoms with Gasteiger partial charge in [-0.2, -0.15) is 0 Å². The first kappa shape index (κ1) is 13.1. The minimum absolute atomic E-state index is 0.545. The number of hydrogen-bond acceptors (Lipinski definition) is 3. The lowest BCUT2D eigenvalue weighted by Gasteiger charge is -2.34. The highest BCUT2D eigenvalue weighted by molar-refractivity contribution is 14.1. The van der Waals surface area contributed by atoms with E-state index in [1.807, 2.05) is 12.4 Å². The van der Waals surface area contributed by atoms with Gasteiger partial charge < -0.3 is 5.32 Å². The maximum atomic E-state index is 4.34. The van der Waals surface area contributed by atoms with Crippen molar-refractivity contribution in [1.82, 2.24) is 9.97 Å². The molecule has 0 bridgehead atoms. The zero-order valence-electron chi connectivity index (χ0n) is 10.5. The molecule has 1 heterocycles. The molecule has 2 rings (SSSR count). The molecule has 1 aromatic heterocycles. The highest BCUT2D eigenvalue weighted by atomic mass is 127. The molecule has 1 N–H and O–H groups in total. The number of nitrogens with one attached hydrogen (secondary N) is 1. The molecule has 1 aliphatic rings. The van der Waals surface area contributed by atoms with E-state index in [-0.39, 0.29) is 0 Å². The van der Waals surface area contributed by atoms with E-state index in [9.17, 15) is 0 Å². The molecule has 1 aromatic rings. The zero-order chi connectivity index (χ0) is 12.3. The van der Waals surface area contributed by atoms with Crippen molar-refractivity contribution in [2.45, 2.75) is 45.6 Å². The Morgan fingerprint density at radius 1 is 1.24 bits per heavy atom. The van der Waals surface area contributed by atoms with Gasteiger partial charge in [0, 0.05) is 22.0 Å². The van der Waals surface area contributed by atoms with Gasteiger partial charge in [-0.1, -0.05) is 26.7 Å². The summed E-state index contributed by atoms with van der Waals surface area (Å²) < 4.78 is 1.08. The minimum atomic E-state index is 0.545. The van der Waals surface area contributed by atoms with Gasteiger partial charge in [-0.05, 0) is 47.3 Å². The van der Waals surface area contributed by atoms with Gasteiger partial charge in [-0.15, -0.1) is 0 Å². The zero-order valence-corrected chi connectivity index (χ0v) is 12.6. The fourth-order valence-corrected chi connectivity index (χ4v) is 2.97. The van der Waals surface area contributed by atoms with Crippen LogP contribution < -0.4 is 5.32 Å². The number of aromatic nitrogens is 2. The average Bonchev–Trinajstić information content (AvgIpc) is 2.32. The predicted octanol–water partition coefficient (Wildman–Crippen LogP) is 3.71. The molecule has 94 valence electrons. The Balaban J connectivity index is 2.02. The van der Waals surface area contributed by atoms with E-state index in [1.54, 1.807) is 0 Å². The van der Waals surface area contributed by atoms with Crippen LogP contribution in [0.25, 0.3) is 0 Å². The van der Waals surface area contributed by atoms with Gasteiger partial charge in [0.25, 0.3) is 0 Å². The lowest BCUT2D eigenvalue weighted by Crippen LogP contribution is -2.35. The van der Waals surface area contributed by atoms with Crippen LogP contribution in [0.4, 0.5) is 5.95 Å². The third kappa shape index (κ3) is 3.53. The molecule has 0 spiro atoms. The van der Waals surface area contributed by atoms with Crippen LogP contribution in [0.15, 0.2) is 12.4 Å². The first-order valence-corrected chi connectivity index (χ1v) is 7.49. The first-order chi connectivity index (χ1) is 8.16. The molecule has 0 amide bonds. The molecular formula is C13H20IN3. The van der Waals surface area contributed by atoms with Crippen molar-refractivity contribution in [3.63, 3.8) is 0 Å². The molecular weight excluding hydrogens is 325 g/mol. The molecule has 17 heavy (non-hydrogen) atoms. The normalized spacial score (nSPS) is 24.9. The quantitative estimate of drug-likeness (QED) is 0.849. The molecule has 0 radical (unpaired) electrons. The van der Waals surface area contributed by atoms with Gasteiger partial charge >= 0.3 is 0 Å². The van der Waals surface area contributed by atoms with Crippen molar-refractivity contribution in [2.24, 2.45) is 11.8 Å². The Morgan fingerprint density at radius 3 is 2.53 bits per heavy atom. The molecule has 4 heteroatoms. The van der Waals surface area contributed by atoms with Crippen LogP contribution in [0.5, 0.6) is 0 Å². The summed E-state index contributed by atoms with van der Waals surface area (Å²) in [6.07, 6.45) is 9.00. The van der Waals surface area contributed by atoms with Gasteiger partial charge in [-0.25, -0.2) is 9.97 Å². The molecule has 1 saturated carbocycles. The summed E-state index contributed by atoms with van der Waals surface area (Å²) in [6, 6.07) is 0.545. The fraction of sp³-hybridized carbons (Fsp3) is 0.692. The molecule has 0 saturated heterocycles. The summed E-state index contributed by atoms with van der Waals surface area (Å²) in [4.78, 5) is 8.67. The third-order valence-electron chi connectivity index (χ3n) is 3.61. The molecule has 2 atom stereocenters. The Bertz CT molecular complexity index is 350. The Kier molecular flexibility index (Phi) is 4.59. The SMILES string of the molecule is CC(C)C1CCCCC1Nc1ncc(I)cn1. The highest BCUT2D eigenvalue weighted by Gasteiger charge is 2.27. The van der Waals surface area contributed by atoms with E-state index in [4.69, 9.17) is 0 Å². The predicted molar refractivity (Wildman–Crippen MR) is 79.0 cm³/mol. The standard InChI is InChI=1S/C13H20IN3/c1-9(2)11-5-3-4-6-12(11)17-13-15-7-10(14)8-16-13/h7-9,11-12H,3-6H2,1-2H3,(H,15,16,17). The van der Waals surface area contributed by atoms with Crippen molar-refractivity contribution in [3.8, 4) is 0 Å². The average molecular weight is 345 g/mol. The maximum absolute atomic E-state index is 4.34. The second kappa shape index (κ2) is 5.98. The molecule has 0 aliphatic heterocycles. The molecule has 3 nitrogen and oxygen atoms in total. The van der Waals surface area contributed by atoms with Crippen LogP contribution in [-0.2, 0) is 0 Å². The Hall–Kier alpha value is -0.390. The van der Waals surface area contributed by atoms with Gasteiger partial charge in [0.05, 0.1) is 0 Å². The van der Waals surface area contributed by atoms with E-state index in [0.717, 1.165) is 21.4 Å². The van der Waals surface area contributed by atoms with E-state index in [1.165, 1.54) is 25.7 Å². The molecule has 1 aliphatic carbocycles. The van der Waals surface area contributed by atoms with Crippen molar-refractivity contribution in [1.29, 1.82) is 0 Å². The molecule has 0 aromatic carbocycles. The van der Waals surface area contributed by atoms with Crippen LogP contribution >= 0.6 is 22.6 Å². The molecule has 2 unspecified atom stereocenters. The smallest absolute Gasteiger partial charge is 0.222 e. The van der Waals surface area contributed by atoms with Gasteiger partial charge in [0.15, 0.2) is 0 Å². The summed E-state index contributed by atoms with van der Waals surface area (Å²) >= 11 is 2.23. The van der Waals surface area contributed by atoms with E-state index in [2.05, 4.69) is 51.7 Å². The summed E-state index contributed by atoms with van der Waals surface area (Å²) in [5.74, 6) is 2.27.